The van der Waals surface area contributed by atoms with Crippen LogP contribution in [0.15, 0.2) is 50.8 Å². The molecule has 1 aromatic heterocycles. The summed E-state index contributed by atoms with van der Waals surface area (Å²) in [6.45, 7) is 0. The molecule has 0 saturated heterocycles. The molecule has 0 saturated carbocycles. The molecule has 0 unspecified atom stereocenters. The van der Waals surface area contributed by atoms with Crippen molar-refractivity contribution in [3.05, 3.63) is 82.9 Å². The van der Waals surface area contributed by atoms with Crippen LogP contribution in [0.1, 0.15) is 0 Å². The number of nitro groups is 1. The number of nitrogens with one attached hydrogen (secondary N) is 2. The fourth-order valence-corrected chi connectivity index (χ4v) is 5.65. The van der Waals surface area contributed by atoms with Gasteiger partial charge in [-0.25, -0.2) is 0 Å². The molecule has 168 valence electrons. The summed E-state index contributed by atoms with van der Waals surface area (Å²) < 4.78 is 0.987. The lowest BCUT2D eigenvalue weighted by molar-refractivity contribution is -0.382. The van der Waals surface area contributed by atoms with E-state index in [4.69, 9.17) is 5.41 Å². The quantitative estimate of drug-likeness (QED) is 0.147. The van der Waals surface area contributed by atoms with Crippen molar-refractivity contribution in [3.8, 4) is 17.0 Å². The van der Waals surface area contributed by atoms with Crippen molar-refractivity contribution in [2.75, 3.05) is 0 Å². The van der Waals surface area contributed by atoms with E-state index in [0.29, 0.717) is 37.9 Å². The van der Waals surface area contributed by atoms with Crippen LogP contribution in [-0.4, -0.2) is 19.6 Å². The van der Waals surface area contributed by atoms with Crippen LogP contribution in [-0.2, 0) is 7.05 Å². The minimum atomic E-state index is -0.572. The first kappa shape index (κ1) is 19.4. The van der Waals surface area contributed by atoms with Crippen molar-refractivity contribution in [2.45, 2.75) is 0 Å². The summed E-state index contributed by atoms with van der Waals surface area (Å²) in [5.74, 6) is -0.490. The number of hydrogen-bond acceptors (Lipinski definition) is 7. The summed E-state index contributed by atoms with van der Waals surface area (Å²) in [6.07, 6.45) is 0. The smallest absolute Gasteiger partial charge is 0.278 e. The molecule has 0 radical (unpaired) electrons. The van der Waals surface area contributed by atoms with Gasteiger partial charge >= 0.3 is 0 Å². The van der Waals surface area contributed by atoms with E-state index < -0.39 is 27.5 Å². The summed E-state index contributed by atoms with van der Waals surface area (Å²) in [4.78, 5) is 52.5. The van der Waals surface area contributed by atoms with Crippen molar-refractivity contribution < 1.29 is 10.0 Å². The largest absolute Gasteiger partial charge is 0.494 e. The van der Waals surface area contributed by atoms with Crippen molar-refractivity contribution in [2.24, 2.45) is 7.05 Å². The second-order valence-corrected chi connectivity index (χ2v) is 8.72. The van der Waals surface area contributed by atoms with Gasteiger partial charge in [0.15, 0.2) is 5.88 Å². The highest BCUT2D eigenvalue weighted by Crippen LogP contribution is 2.48. The minimum absolute atomic E-state index is 0.00414. The molecule has 10 heteroatoms. The third-order valence-corrected chi connectivity index (χ3v) is 7.08. The standard InChI is InChI=1S/C25H12N4O6/c1-28-24(32)11-5-3-9-19-15(29(34)35)7-12-16-10(22(30)27-23(12)31)4-2-8(21(16)19)18-14(26)6-13(25(28)33)17(11)20(9)18/h2-7,26H,1H3,(H2,27,30,31). The van der Waals surface area contributed by atoms with Gasteiger partial charge in [0.25, 0.3) is 22.4 Å². The fourth-order valence-electron chi connectivity index (χ4n) is 5.65. The monoisotopic (exact) mass is 464 g/mol. The van der Waals surface area contributed by atoms with Gasteiger partial charge < -0.3 is 10.5 Å². The Hall–Kier alpha value is -5.12. The van der Waals surface area contributed by atoms with E-state index in [1.807, 2.05) is 0 Å². The van der Waals surface area contributed by atoms with Gasteiger partial charge in [-0.15, -0.1) is 0 Å². The number of aromatic hydroxyl groups is 1. The zero-order chi connectivity index (χ0) is 24.5. The molecular weight excluding hydrogens is 452 g/mol. The lowest BCUT2D eigenvalue weighted by atomic mass is 9.83. The number of pyridine rings is 2. The van der Waals surface area contributed by atoms with E-state index in [1.165, 1.54) is 25.2 Å². The maximum Gasteiger partial charge on any atom is 0.278 e. The number of aromatic amines is 1. The average Bonchev–Trinajstić information content (AvgIpc) is 2.83. The Morgan fingerprint density at radius 1 is 0.857 bits per heavy atom. The Balaban J connectivity index is 1.98. The normalized spacial score (nSPS) is 12.4. The molecule has 0 amide bonds. The van der Waals surface area contributed by atoms with E-state index >= 15 is 0 Å². The average molecular weight is 464 g/mol. The Kier molecular flexibility index (Phi) is 3.24. The third-order valence-electron chi connectivity index (χ3n) is 7.08. The number of nitro benzene ring substituents is 1. The molecule has 2 aliphatic rings. The van der Waals surface area contributed by atoms with Gasteiger partial charge in [-0.2, -0.15) is 0 Å². The van der Waals surface area contributed by atoms with Crippen molar-refractivity contribution in [3.63, 3.8) is 0 Å². The molecule has 0 atom stereocenters. The summed E-state index contributed by atoms with van der Waals surface area (Å²) in [7, 11) is 1.37. The number of hydrogen-bond donors (Lipinski definition) is 3. The van der Waals surface area contributed by atoms with Gasteiger partial charge in [0.2, 0.25) is 0 Å². The van der Waals surface area contributed by atoms with E-state index in [9.17, 15) is 29.6 Å². The Morgan fingerprint density at radius 2 is 1.51 bits per heavy atom. The van der Waals surface area contributed by atoms with Gasteiger partial charge in [0.1, 0.15) is 0 Å². The second-order valence-electron chi connectivity index (χ2n) is 8.72. The van der Waals surface area contributed by atoms with Crippen LogP contribution >= 0.6 is 0 Å². The van der Waals surface area contributed by atoms with Crippen molar-refractivity contribution in [1.29, 1.82) is 5.41 Å². The molecule has 0 fully saturated rings. The van der Waals surface area contributed by atoms with Crippen LogP contribution in [0.4, 0.5) is 5.69 Å². The first-order valence-corrected chi connectivity index (χ1v) is 10.5. The van der Waals surface area contributed by atoms with Crippen molar-refractivity contribution in [1.82, 2.24) is 9.55 Å². The molecule has 1 aliphatic heterocycles. The summed E-state index contributed by atoms with van der Waals surface area (Å²) in [6, 6.07) is 8.88. The van der Waals surface area contributed by atoms with Crippen LogP contribution in [0.3, 0.4) is 0 Å². The van der Waals surface area contributed by atoms with Gasteiger partial charge in [-0.1, -0.05) is 12.1 Å². The Morgan fingerprint density at radius 3 is 2.23 bits per heavy atom. The van der Waals surface area contributed by atoms with E-state index in [2.05, 4.69) is 4.98 Å². The van der Waals surface area contributed by atoms with Crippen molar-refractivity contribution >= 4 is 59.5 Å². The van der Waals surface area contributed by atoms with Crippen LogP contribution in [0, 0.1) is 15.5 Å². The summed E-state index contributed by atoms with van der Waals surface area (Å²) >= 11 is 0. The highest BCUT2D eigenvalue weighted by atomic mass is 16.6. The lowest BCUT2D eigenvalue weighted by Crippen LogP contribution is -2.33. The first-order chi connectivity index (χ1) is 16.7. The number of fused-ring (bicyclic) bond motifs is 2. The predicted octanol–water partition coefficient (Wildman–Crippen LogP) is 2.71. The Bertz CT molecular complexity index is 2300. The second kappa shape index (κ2) is 5.86. The minimum Gasteiger partial charge on any atom is -0.494 e. The summed E-state index contributed by atoms with van der Waals surface area (Å²) in [5.41, 5.74) is -1.39. The molecule has 3 N–H and O–H groups in total. The third kappa shape index (κ3) is 2.05. The molecule has 35 heavy (non-hydrogen) atoms. The molecule has 0 bridgehead atoms. The van der Waals surface area contributed by atoms with Gasteiger partial charge in [0.05, 0.1) is 26.6 Å². The number of non-ortho nitro benzene ring substituents is 1. The highest BCUT2D eigenvalue weighted by Gasteiger charge is 2.29. The number of benzene rings is 5. The molecule has 7 rings (SSSR count). The molecule has 0 spiro atoms. The number of aromatic nitrogens is 2. The maximum absolute atomic E-state index is 13.0. The Labute approximate surface area is 191 Å². The van der Waals surface area contributed by atoms with E-state index in [-0.39, 0.29) is 38.2 Å². The molecular formula is C25H12N4O6. The van der Waals surface area contributed by atoms with Gasteiger partial charge in [-0.3, -0.25) is 34.0 Å². The molecule has 5 aromatic rings. The molecule has 10 nitrogen and oxygen atoms in total. The number of rotatable bonds is 1. The molecule has 1 aliphatic carbocycles. The fraction of sp³-hybridized carbons (Fsp3) is 0.0400. The number of H-pyrrole nitrogens is 1. The maximum atomic E-state index is 13.0. The van der Waals surface area contributed by atoms with Crippen LogP contribution in [0.25, 0.3) is 65.0 Å². The van der Waals surface area contributed by atoms with Crippen LogP contribution in [0.2, 0.25) is 0 Å². The number of nitrogens with zero attached hydrogens (tertiary/aromatic N) is 2. The van der Waals surface area contributed by atoms with Gasteiger partial charge in [-0.05, 0) is 29.0 Å². The molecule has 2 heterocycles. The topological polar surface area (TPSA) is 159 Å². The van der Waals surface area contributed by atoms with Crippen LogP contribution in [0.5, 0.6) is 5.88 Å². The predicted molar refractivity (Wildman–Crippen MR) is 130 cm³/mol. The summed E-state index contributed by atoms with van der Waals surface area (Å²) in [5, 5.41) is 34.7. The van der Waals surface area contributed by atoms with Crippen LogP contribution < -0.4 is 22.0 Å². The highest BCUT2D eigenvalue weighted by molar-refractivity contribution is 6.39. The SMILES string of the molecule is Cn1c(=O)c2cc(=N)c3c4ccc5c(=O)[nH]c(O)c6cc([N+](=O)[O-])c(c7ccc(c-2c73)c1=O)c4c65. The molecule has 4 aromatic carbocycles. The lowest BCUT2D eigenvalue weighted by Gasteiger charge is -2.20. The van der Waals surface area contributed by atoms with E-state index in [0.717, 1.165) is 4.57 Å². The van der Waals surface area contributed by atoms with Gasteiger partial charge in [0, 0.05) is 51.0 Å². The first-order valence-electron chi connectivity index (χ1n) is 10.5. The van der Waals surface area contributed by atoms with E-state index in [1.54, 1.807) is 18.2 Å². The zero-order valence-electron chi connectivity index (χ0n) is 17.8. The zero-order valence-corrected chi connectivity index (χ0v) is 17.8.